The Bertz CT molecular complexity index is 973. The van der Waals surface area contributed by atoms with E-state index < -0.39 is 5.82 Å². The van der Waals surface area contributed by atoms with Crippen LogP contribution in [-0.4, -0.2) is 52.7 Å². The van der Waals surface area contributed by atoms with Crippen LogP contribution in [0.3, 0.4) is 0 Å². The molecule has 2 aromatic rings. The van der Waals surface area contributed by atoms with Gasteiger partial charge in [-0.25, -0.2) is 10.0 Å². The van der Waals surface area contributed by atoms with Crippen LogP contribution >= 0.6 is 0 Å². The zero-order valence-corrected chi connectivity index (χ0v) is 16.5. The van der Waals surface area contributed by atoms with Crippen molar-refractivity contribution in [3.63, 3.8) is 0 Å². The highest BCUT2D eigenvalue weighted by Crippen LogP contribution is 2.34. The van der Waals surface area contributed by atoms with Gasteiger partial charge in [-0.15, -0.1) is 0 Å². The number of amides is 1. The lowest BCUT2D eigenvalue weighted by Crippen LogP contribution is -2.42. The molecule has 0 spiro atoms. The van der Waals surface area contributed by atoms with E-state index in [1.807, 2.05) is 4.90 Å². The van der Waals surface area contributed by atoms with Gasteiger partial charge in [-0.3, -0.25) is 14.6 Å². The molecule has 2 fully saturated rings. The molecule has 0 radical (unpaired) electrons. The van der Waals surface area contributed by atoms with E-state index >= 15 is 0 Å². The predicted octanol–water partition coefficient (Wildman–Crippen LogP) is 2.01. The number of nitrogens with zero attached hydrogens (tertiary/aromatic N) is 6. The van der Waals surface area contributed by atoms with Gasteiger partial charge in [0, 0.05) is 37.8 Å². The fourth-order valence-corrected chi connectivity index (χ4v) is 3.83. The molecule has 0 bridgehead atoms. The molecule has 2 saturated heterocycles. The first-order chi connectivity index (χ1) is 14.6. The number of halogens is 1. The summed E-state index contributed by atoms with van der Waals surface area (Å²) >= 11 is 0. The number of methoxy groups -OCH3 is 1. The number of aromatic nitrogens is 3. The van der Waals surface area contributed by atoms with Gasteiger partial charge in [0.25, 0.3) is 5.88 Å². The summed E-state index contributed by atoms with van der Waals surface area (Å²) in [5, 5.41) is 10.5. The quantitative estimate of drug-likeness (QED) is 0.751. The molecule has 1 atom stereocenters. The van der Waals surface area contributed by atoms with Crippen LogP contribution < -0.4 is 9.64 Å². The van der Waals surface area contributed by atoms with Crippen LogP contribution in [0.25, 0.3) is 0 Å². The second-order valence-electron chi connectivity index (χ2n) is 7.21. The summed E-state index contributed by atoms with van der Waals surface area (Å²) in [6.45, 7) is 1.57. The second kappa shape index (κ2) is 8.59. The summed E-state index contributed by atoms with van der Waals surface area (Å²) < 4.78 is 18.5. The maximum Gasteiger partial charge on any atom is 0.255 e. The zero-order valence-electron chi connectivity index (χ0n) is 16.5. The molecule has 0 unspecified atom stereocenters. The van der Waals surface area contributed by atoms with Gasteiger partial charge in [0.2, 0.25) is 17.7 Å². The van der Waals surface area contributed by atoms with Gasteiger partial charge in [-0.05, 0) is 24.5 Å². The average Bonchev–Trinajstić information content (AvgIpc) is 3.29. The molecule has 0 N–H and O–H groups in total. The van der Waals surface area contributed by atoms with E-state index in [1.165, 1.54) is 18.4 Å². The van der Waals surface area contributed by atoms with Gasteiger partial charge >= 0.3 is 0 Å². The summed E-state index contributed by atoms with van der Waals surface area (Å²) in [7, 11) is 1.36. The molecule has 9 nitrogen and oxygen atoms in total. The number of nitriles is 1. The SMILES string of the molecule is COc1nc(N2CCC(C(=O)N3OCC[C@H]3c3cncc(C#N)c3)CC2)ncc1F. The summed E-state index contributed by atoms with van der Waals surface area (Å²) in [6, 6.07) is 3.57. The molecule has 30 heavy (non-hydrogen) atoms. The number of carbonyl (C=O) groups excluding carboxylic acids is 1. The zero-order chi connectivity index (χ0) is 21.1. The number of ether oxygens (including phenoxy) is 1. The van der Waals surface area contributed by atoms with E-state index in [0.717, 1.165) is 11.8 Å². The third-order valence-electron chi connectivity index (χ3n) is 5.41. The third kappa shape index (κ3) is 3.89. The monoisotopic (exact) mass is 412 g/mol. The summed E-state index contributed by atoms with van der Waals surface area (Å²) in [5.41, 5.74) is 1.25. The van der Waals surface area contributed by atoms with E-state index in [9.17, 15) is 9.18 Å². The smallest absolute Gasteiger partial charge is 0.255 e. The minimum Gasteiger partial charge on any atom is -0.479 e. The van der Waals surface area contributed by atoms with Crippen LogP contribution in [0.1, 0.15) is 36.4 Å². The molecule has 1 amide bonds. The van der Waals surface area contributed by atoms with Gasteiger partial charge in [-0.1, -0.05) is 0 Å². The molecular weight excluding hydrogens is 391 g/mol. The number of hydrogen-bond donors (Lipinski definition) is 0. The van der Waals surface area contributed by atoms with Crippen molar-refractivity contribution in [2.45, 2.75) is 25.3 Å². The van der Waals surface area contributed by atoms with Gasteiger partial charge < -0.3 is 9.64 Å². The van der Waals surface area contributed by atoms with Crippen LogP contribution in [0.4, 0.5) is 10.3 Å². The Morgan fingerprint density at radius 1 is 1.30 bits per heavy atom. The number of pyridine rings is 1. The Morgan fingerprint density at radius 3 is 2.83 bits per heavy atom. The number of carbonyl (C=O) groups is 1. The van der Waals surface area contributed by atoms with Crippen LogP contribution in [0, 0.1) is 23.1 Å². The molecule has 0 saturated carbocycles. The van der Waals surface area contributed by atoms with E-state index in [1.54, 1.807) is 12.3 Å². The normalized spacial score (nSPS) is 19.6. The highest BCUT2D eigenvalue weighted by molar-refractivity contribution is 5.79. The molecule has 2 aliphatic rings. The average molecular weight is 412 g/mol. The first-order valence-corrected chi connectivity index (χ1v) is 9.73. The van der Waals surface area contributed by atoms with Crippen LogP contribution in [0.2, 0.25) is 0 Å². The number of hydrogen-bond acceptors (Lipinski definition) is 8. The molecule has 10 heteroatoms. The summed E-state index contributed by atoms with van der Waals surface area (Å²) in [5.74, 6) is -0.597. The van der Waals surface area contributed by atoms with Crippen LogP contribution in [-0.2, 0) is 9.63 Å². The molecule has 156 valence electrons. The van der Waals surface area contributed by atoms with E-state index in [0.29, 0.717) is 50.5 Å². The third-order valence-corrected chi connectivity index (χ3v) is 5.41. The van der Waals surface area contributed by atoms with Crippen molar-refractivity contribution < 1.29 is 18.8 Å². The maximum absolute atomic E-state index is 13.5. The fourth-order valence-electron chi connectivity index (χ4n) is 3.83. The molecular formula is C20H21FN6O3. The fraction of sp³-hybridized carbons (Fsp3) is 0.450. The Hall–Kier alpha value is -3.32. The minimum absolute atomic E-state index is 0.0721. The number of hydroxylamine groups is 2. The van der Waals surface area contributed by atoms with Gasteiger partial charge in [-0.2, -0.15) is 14.6 Å². The molecule has 0 aromatic carbocycles. The molecule has 4 rings (SSSR count). The first-order valence-electron chi connectivity index (χ1n) is 9.73. The molecule has 2 aliphatic heterocycles. The Labute approximate surface area is 173 Å². The number of anilines is 1. The van der Waals surface area contributed by atoms with E-state index in [4.69, 9.17) is 14.8 Å². The highest BCUT2D eigenvalue weighted by atomic mass is 19.1. The van der Waals surface area contributed by atoms with Crippen molar-refractivity contribution >= 4 is 11.9 Å². The lowest BCUT2D eigenvalue weighted by molar-refractivity contribution is -0.182. The van der Waals surface area contributed by atoms with Crippen LogP contribution in [0.5, 0.6) is 5.88 Å². The van der Waals surface area contributed by atoms with E-state index in [2.05, 4.69) is 21.0 Å². The predicted molar refractivity (Wildman–Crippen MR) is 103 cm³/mol. The van der Waals surface area contributed by atoms with E-state index in [-0.39, 0.29) is 23.7 Å². The van der Waals surface area contributed by atoms with Gasteiger partial charge in [0.1, 0.15) is 6.07 Å². The summed E-state index contributed by atoms with van der Waals surface area (Å²) in [4.78, 5) is 32.9. The largest absolute Gasteiger partial charge is 0.479 e. The first kappa shape index (κ1) is 20.0. The minimum atomic E-state index is -0.613. The van der Waals surface area contributed by atoms with Crippen molar-refractivity contribution in [3.05, 3.63) is 41.6 Å². The van der Waals surface area contributed by atoms with Crippen molar-refractivity contribution in [1.82, 2.24) is 20.0 Å². The highest BCUT2D eigenvalue weighted by Gasteiger charge is 2.37. The molecule has 2 aromatic heterocycles. The number of piperidine rings is 1. The molecule has 4 heterocycles. The summed E-state index contributed by atoms with van der Waals surface area (Å²) in [6.07, 6.45) is 6.11. The Kier molecular flexibility index (Phi) is 5.72. The van der Waals surface area contributed by atoms with Gasteiger partial charge in [0.05, 0.1) is 31.5 Å². The lowest BCUT2D eigenvalue weighted by atomic mass is 9.95. The van der Waals surface area contributed by atoms with Gasteiger partial charge in [0.15, 0.2) is 0 Å². The van der Waals surface area contributed by atoms with Crippen LogP contribution in [0.15, 0.2) is 24.7 Å². The Balaban J connectivity index is 1.42. The second-order valence-corrected chi connectivity index (χ2v) is 7.21. The topological polar surface area (TPSA) is 104 Å². The molecule has 0 aliphatic carbocycles. The standard InChI is InChI=1S/C20H21FN6O3/c1-29-18-16(21)12-24-20(25-18)26-5-2-14(3-6-26)19(28)27-17(4-7-30-27)15-8-13(9-22)10-23-11-15/h8,10-12,14,17H,2-7H2,1H3/t17-/m0/s1. The lowest BCUT2D eigenvalue weighted by Gasteiger charge is -2.34. The Morgan fingerprint density at radius 2 is 2.10 bits per heavy atom. The van der Waals surface area contributed by atoms with Crippen molar-refractivity contribution in [1.29, 1.82) is 5.26 Å². The van der Waals surface area contributed by atoms with Crippen molar-refractivity contribution in [2.24, 2.45) is 5.92 Å². The maximum atomic E-state index is 13.5. The van der Waals surface area contributed by atoms with Crippen molar-refractivity contribution in [3.8, 4) is 11.9 Å². The number of rotatable bonds is 4. The van der Waals surface area contributed by atoms with Crippen molar-refractivity contribution in [2.75, 3.05) is 31.7 Å².